The van der Waals surface area contributed by atoms with Crippen molar-refractivity contribution in [2.75, 3.05) is 18.1 Å². The highest BCUT2D eigenvalue weighted by Crippen LogP contribution is 2.39. The minimum Gasteiger partial charge on any atom is -0.543 e. The third kappa shape index (κ3) is 4.05. The van der Waals surface area contributed by atoms with Crippen LogP contribution in [-0.2, 0) is 22.7 Å². The molecule has 0 aromatic carbocycles. The number of rotatable bonds is 5. The number of nitrogens with zero attached hydrogens (tertiary/aromatic N) is 3. The van der Waals surface area contributed by atoms with Gasteiger partial charge in [0.15, 0.2) is 18.6 Å². The molecule has 2 aliphatic rings. The number of amides is 1. The fraction of sp³-hybridized carbons (Fsp3) is 0.462. The van der Waals surface area contributed by atoms with Gasteiger partial charge in [-0.3, -0.25) is 9.69 Å². The minimum atomic E-state index is -1.39. The number of aliphatic hydroxyl groups excluding tert-OH is 1. The zero-order chi connectivity index (χ0) is 16.7. The number of β-lactam (4-membered cyclic amide) rings is 1. The van der Waals surface area contributed by atoms with Gasteiger partial charge in [-0.05, 0) is 0 Å². The molecule has 148 valence electrons. The molecule has 13 heteroatoms. The topological polar surface area (TPSA) is 142 Å². The number of hydrogen-bond donors (Lipinski definition) is 3. The number of anilines is 1. The summed E-state index contributed by atoms with van der Waals surface area (Å²) in [5.74, 6) is -0.908. The number of carbonyl (C=O) groups excluding carboxylic acids is 2. The number of halogens is 3. The first-order valence-corrected chi connectivity index (χ1v) is 8.09. The Morgan fingerprint density at radius 3 is 2.65 bits per heavy atom. The molecule has 3 rings (SSSR count). The minimum absolute atomic E-state index is 0. The van der Waals surface area contributed by atoms with Crippen LogP contribution in [0, 0.1) is 0 Å². The van der Waals surface area contributed by atoms with Crippen molar-refractivity contribution in [3.63, 3.8) is 0 Å². The maximum atomic E-state index is 11.9. The van der Waals surface area contributed by atoms with E-state index < -0.39 is 17.9 Å². The van der Waals surface area contributed by atoms with E-state index in [0.717, 1.165) is 0 Å². The van der Waals surface area contributed by atoms with Crippen LogP contribution in [0.15, 0.2) is 23.5 Å². The third-order valence-electron chi connectivity index (χ3n) is 3.97. The second kappa shape index (κ2) is 9.67. The van der Waals surface area contributed by atoms with Crippen LogP contribution in [0.5, 0.6) is 0 Å². The van der Waals surface area contributed by atoms with Gasteiger partial charge in [0.2, 0.25) is 5.91 Å². The van der Waals surface area contributed by atoms with Crippen molar-refractivity contribution >= 4 is 66.7 Å². The predicted octanol–water partition coefficient (Wildman–Crippen LogP) is -2.14. The van der Waals surface area contributed by atoms with Gasteiger partial charge in [-0.2, -0.15) is 0 Å². The Labute approximate surface area is 172 Å². The lowest BCUT2D eigenvalue weighted by Crippen LogP contribution is -2.69. The Morgan fingerprint density at radius 2 is 2.08 bits per heavy atom. The summed E-state index contributed by atoms with van der Waals surface area (Å²) < 4.78 is 3.34. The number of nitrogens with two attached hydrogens (primary N) is 2. The Hall–Kier alpha value is -1.17. The molecule has 0 radical (unpaired) electrons. The molecule has 1 aromatic heterocycles. The molecule has 1 amide bonds. The summed E-state index contributed by atoms with van der Waals surface area (Å²) in [6, 6.07) is 0.996. The summed E-state index contributed by atoms with van der Waals surface area (Å²) in [7, 11) is 0. The zero-order valence-electron chi connectivity index (χ0n) is 13.4. The molecule has 9 nitrogen and oxygen atoms in total. The molecule has 0 aliphatic carbocycles. The van der Waals surface area contributed by atoms with Crippen molar-refractivity contribution < 1.29 is 24.5 Å². The summed E-state index contributed by atoms with van der Waals surface area (Å²) in [5, 5.41) is 20.3. The number of fused-ring (bicyclic) bond motifs is 1. The summed E-state index contributed by atoms with van der Waals surface area (Å²) in [6.07, 6.45) is 1.70. The normalized spacial score (nSPS) is 21.0. The molecule has 26 heavy (non-hydrogen) atoms. The van der Waals surface area contributed by atoms with Gasteiger partial charge in [-0.1, -0.05) is 0 Å². The highest BCUT2D eigenvalue weighted by atomic mass is 35.5. The van der Waals surface area contributed by atoms with Crippen molar-refractivity contribution in [3.05, 3.63) is 23.5 Å². The van der Waals surface area contributed by atoms with Crippen LogP contribution in [0.3, 0.4) is 0 Å². The Morgan fingerprint density at radius 1 is 1.42 bits per heavy atom. The van der Waals surface area contributed by atoms with Crippen LogP contribution in [0.4, 0.5) is 5.82 Å². The van der Waals surface area contributed by atoms with Gasteiger partial charge in [-0.25, -0.2) is 0 Å². The molecule has 2 aliphatic heterocycles. The van der Waals surface area contributed by atoms with E-state index in [4.69, 9.17) is 16.6 Å². The van der Waals surface area contributed by atoms with E-state index in [-0.39, 0.29) is 68.0 Å². The lowest BCUT2D eigenvalue weighted by atomic mass is 10.0. The van der Waals surface area contributed by atoms with Crippen LogP contribution in [0.2, 0.25) is 0 Å². The van der Waals surface area contributed by atoms with E-state index in [1.807, 2.05) is 0 Å². The molecule has 3 heterocycles. The van der Waals surface area contributed by atoms with Gasteiger partial charge >= 0.3 is 0 Å². The molecule has 5 N–H and O–H groups in total. The second-order valence-electron chi connectivity index (χ2n) is 5.36. The number of aliphatic hydroxyl groups is 1. The molecule has 1 fully saturated rings. The van der Waals surface area contributed by atoms with Gasteiger partial charge in [0.05, 0.1) is 24.3 Å². The van der Waals surface area contributed by atoms with Crippen molar-refractivity contribution in [1.29, 1.82) is 0 Å². The molecule has 0 bridgehead atoms. The molecule has 1 saturated heterocycles. The summed E-state index contributed by atoms with van der Waals surface area (Å²) >= 11 is 1.43. The number of carbonyl (C=O) groups is 2. The fourth-order valence-electron chi connectivity index (χ4n) is 2.85. The van der Waals surface area contributed by atoms with Crippen molar-refractivity contribution in [2.24, 2.45) is 5.73 Å². The van der Waals surface area contributed by atoms with E-state index in [9.17, 15) is 14.7 Å². The quantitative estimate of drug-likeness (QED) is 0.345. The average molecular weight is 449 g/mol. The summed E-state index contributed by atoms with van der Waals surface area (Å²) in [6.45, 7) is 0.427. The maximum absolute atomic E-state index is 11.9. The molecule has 1 aromatic rings. The van der Waals surface area contributed by atoms with Crippen molar-refractivity contribution in [1.82, 2.24) is 9.58 Å². The first-order chi connectivity index (χ1) is 11.0. The summed E-state index contributed by atoms with van der Waals surface area (Å²) in [4.78, 5) is 24.6. The lowest BCUT2D eigenvalue weighted by molar-refractivity contribution is -0.767. The Kier molecular flexibility index (Phi) is 9.24. The molecular formula is C13H20Cl3N5O4S. The number of thioether (sulfide) groups is 1. The second-order valence-corrected chi connectivity index (χ2v) is 6.47. The van der Waals surface area contributed by atoms with E-state index in [1.54, 1.807) is 21.6 Å². The molecular weight excluding hydrogens is 429 g/mol. The zero-order valence-corrected chi connectivity index (χ0v) is 16.7. The van der Waals surface area contributed by atoms with Gasteiger partial charge < -0.3 is 26.5 Å². The van der Waals surface area contributed by atoms with Crippen molar-refractivity contribution in [3.8, 4) is 0 Å². The third-order valence-corrected chi connectivity index (χ3v) is 5.33. The largest absolute Gasteiger partial charge is 0.543 e. The highest BCUT2D eigenvalue weighted by molar-refractivity contribution is 8.00. The predicted molar refractivity (Wildman–Crippen MR) is 101 cm³/mol. The molecule has 0 spiro atoms. The smallest absolute Gasteiger partial charge is 0.248 e. The van der Waals surface area contributed by atoms with Crippen LogP contribution in [0.1, 0.15) is 0 Å². The number of carboxylic acid groups (broad SMARTS) is 1. The molecule has 0 unspecified atom stereocenters. The number of aliphatic carboxylic acids is 1. The van der Waals surface area contributed by atoms with Gasteiger partial charge in [0.25, 0.3) is 0 Å². The van der Waals surface area contributed by atoms with Crippen molar-refractivity contribution in [2.45, 2.75) is 24.5 Å². The summed E-state index contributed by atoms with van der Waals surface area (Å²) in [5.41, 5.74) is 12.0. The Bertz CT molecular complexity index is 714. The van der Waals surface area contributed by atoms with Gasteiger partial charge in [0, 0.05) is 11.3 Å². The molecule has 0 saturated carbocycles. The van der Waals surface area contributed by atoms with E-state index >= 15 is 0 Å². The van der Waals surface area contributed by atoms with Gasteiger partial charge in [-0.15, -0.1) is 58.3 Å². The number of carboxylic acids is 1. The molecule has 2 atom stereocenters. The van der Waals surface area contributed by atoms with E-state index in [0.29, 0.717) is 17.1 Å². The van der Waals surface area contributed by atoms with Gasteiger partial charge in [0.1, 0.15) is 18.0 Å². The maximum Gasteiger partial charge on any atom is 0.248 e. The van der Waals surface area contributed by atoms with Crippen LogP contribution < -0.4 is 21.3 Å². The highest BCUT2D eigenvalue weighted by Gasteiger charge is 2.50. The Balaban J connectivity index is 0.00000208. The van der Waals surface area contributed by atoms with E-state index in [2.05, 4.69) is 0 Å². The number of aromatic nitrogens is 2. The first-order valence-electron chi connectivity index (χ1n) is 7.05. The van der Waals surface area contributed by atoms with E-state index in [1.165, 1.54) is 16.7 Å². The lowest BCUT2D eigenvalue weighted by Gasteiger charge is -2.49. The standard InChI is InChI=1S/C13H17N5O4S.3ClH/c14-8-1-2-16(17(8)3-4-19)5-7-6-23-12-9(15)11(20)18(12)10(7)13(21)22;;;/h1-2,9,12,14,19H,3-6,15H2,(H,21,22);3*1H/t9-,12-;;;/m1.../s1. The SMILES string of the molecule is Cl.Cl.Cl.Nc1cc[n+](CC2=C(C(=O)[O-])N3C(=O)[C@@H](N)[C@H]3SC2)n1CCO. The monoisotopic (exact) mass is 447 g/mol. The van der Waals surface area contributed by atoms with Crippen LogP contribution in [0.25, 0.3) is 0 Å². The fourth-order valence-corrected chi connectivity index (χ4v) is 4.14. The number of nitrogen functional groups attached to an aromatic ring is 1. The first kappa shape index (κ1) is 24.8. The van der Waals surface area contributed by atoms with Crippen LogP contribution in [-0.4, -0.2) is 50.3 Å². The van der Waals surface area contributed by atoms with Crippen LogP contribution >= 0.6 is 49.0 Å². The average Bonchev–Trinajstić information content (AvgIpc) is 2.87. The number of hydrogen-bond acceptors (Lipinski definition) is 7.